The fourth-order valence-electron chi connectivity index (χ4n) is 2.89. The van der Waals surface area contributed by atoms with Crippen molar-refractivity contribution < 1.29 is 19.1 Å². The predicted molar refractivity (Wildman–Crippen MR) is 88.9 cm³/mol. The maximum absolute atomic E-state index is 11.9. The number of halogens is 1. The Morgan fingerprint density at radius 1 is 1.29 bits per heavy atom. The zero-order valence-corrected chi connectivity index (χ0v) is 13.9. The number of hydrogen-bond acceptors (Lipinski definition) is 5. The number of aliphatic carboxylic acids is 1. The average Bonchev–Trinajstić information content (AvgIpc) is 3.13. The van der Waals surface area contributed by atoms with Gasteiger partial charge in [-0.3, -0.25) is 14.3 Å². The van der Waals surface area contributed by atoms with E-state index in [2.05, 4.69) is 4.90 Å². The Morgan fingerprint density at radius 2 is 2.04 bits per heavy atom. The number of carboxylic acid groups (broad SMARTS) is 1. The molecule has 0 unspecified atom stereocenters. The molecule has 0 spiro atoms. The van der Waals surface area contributed by atoms with E-state index in [1.165, 1.54) is 17.4 Å². The molecule has 8 heteroatoms. The lowest BCUT2D eigenvalue weighted by atomic mass is 10.3. The van der Waals surface area contributed by atoms with E-state index >= 15 is 0 Å². The number of carboxylic acids is 1. The summed E-state index contributed by atoms with van der Waals surface area (Å²) in [6, 6.07) is 3.16. The van der Waals surface area contributed by atoms with Crippen LogP contribution in [0.15, 0.2) is 21.3 Å². The third-order valence-corrected chi connectivity index (χ3v) is 4.43. The predicted octanol–water partition coefficient (Wildman–Crippen LogP) is 2.20. The van der Waals surface area contributed by atoms with Crippen molar-refractivity contribution in [3.63, 3.8) is 0 Å². The van der Waals surface area contributed by atoms with Gasteiger partial charge in [0.1, 0.15) is 12.4 Å². The van der Waals surface area contributed by atoms with E-state index < -0.39 is 11.7 Å². The van der Waals surface area contributed by atoms with Gasteiger partial charge in [0.15, 0.2) is 5.58 Å². The van der Waals surface area contributed by atoms with Crippen LogP contribution in [0.25, 0.3) is 11.1 Å². The van der Waals surface area contributed by atoms with E-state index in [0.717, 1.165) is 19.6 Å². The summed E-state index contributed by atoms with van der Waals surface area (Å²) < 4.78 is 12.2. The number of likely N-dealkylation sites (tertiary alicyclic amines) is 1. The lowest BCUT2D eigenvalue weighted by Gasteiger charge is -2.15. The van der Waals surface area contributed by atoms with Crippen molar-refractivity contribution in [2.45, 2.75) is 25.8 Å². The molecule has 130 valence electrons. The van der Waals surface area contributed by atoms with Gasteiger partial charge in [-0.25, -0.2) is 4.79 Å². The second-order valence-corrected chi connectivity index (χ2v) is 6.22. The van der Waals surface area contributed by atoms with Gasteiger partial charge in [0.05, 0.1) is 17.0 Å². The highest BCUT2D eigenvalue weighted by Crippen LogP contribution is 2.30. The first kappa shape index (κ1) is 16.9. The van der Waals surface area contributed by atoms with Gasteiger partial charge in [0.25, 0.3) is 0 Å². The Kier molecular flexibility index (Phi) is 5.11. The Balaban J connectivity index is 1.74. The maximum atomic E-state index is 11.9. The van der Waals surface area contributed by atoms with Crippen LogP contribution in [0.3, 0.4) is 0 Å². The molecule has 0 atom stereocenters. The molecule has 1 aromatic carbocycles. The standard InChI is InChI=1S/C16H19ClN2O5/c17-11-9-12-14(24-16(22)19(12)6-3-15(20)21)10-13(11)23-8-7-18-4-1-2-5-18/h9-10H,1-8H2,(H,20,21). The number of benzene rings is 1. The lowest BCUT2D eigenvalue weighted by molar-refractivity contribution is -0.137. The number of ether oxygens (including phenoxy) is 1. The maximum Gasteiger partial charge on any atom is 0.419 e. The number of nitrogens with zero attached hydrogens (tertiary/aromatic N) is 2. The summed E-state index contributed by atoms with van der Waals surface area (Å²) in [6.07, 6.45) is 2.28. The molecule has 0 bridgehead atoms. The van der Waals surface area contributed by atoms with Crippen molar-refractivity contribution in [2.75, 3.05) is 26.2 Å². The molecule has 0 amide bonds. The third kappa shape index (κ3) is 3.73. The summed E-state index contributed by atoms with van der Waals surface area (Å²) >= 11 is 6.23. The Labute approximate surface area is 143 Å². The number of hydrogen-bond donors (Lipinski definition) is 1. The van der Waals surface area contributed by atoms with E-state index in [9.17, 15) is 9.59 Å². The highest BCUT2D eigenvalue weighted by molar-refractivity contribution is 6.32. The summed E-state index contributed by atoms with van der Waals surface area (Å²) in [6.45, 7) is 3.56. The van der Waals surface area contributed by atoms with Crippen LogP contribution >= 0.6 is 11.6 Å². The highest BCUT2D eigenvalue weighted by atomic mass is 35.5. The van der Waals surface area contributed by atoms with Crippen LogP contribution in [-0.2, 0) is 11.3 Å². The van der Waals surface area contributed by atoms with Crippen LogP contribution < -0.4 is 10.5 Å². The topological polar surface area (TPSA) is 84.9 Å². The Bertz CT molecular complexity index is 792. The molecule has 3 rings (SSSR count). The van der Waals surface area contributed by atoms with Crippen molar-refractivity contribution in [2.24, 2.45) is 0 Å². The van der Waals surface area contributed by atoms with E-state index in [0.29, 0.717) is 28.5 Å². The second-order valence-electron chi connectivity index (χ2n) is 5.81. The van der Waals surface area contributed by atoms with E-state index in [1.807, 2.05) is 0 Å². The van der Waals surface area contributed by atoms with Crippen LogP contribution in [0.4, 0.5) is 0 Å². The molecule has 7 nitrogen and oxygen atoms in total. The monoisotopic (exact) mass is 354 g/mol. The zero-order chi connectivity index (χ0) is 17.1. The SMILES string of the molecule is O=C(O)CCn1c(=O)oc2cc(OCCN3CCCC3)c(Cl)cc21. The molecule has 1 aromatic heterocycles. The summed E-state index contributed by atoms with van der Waals surface area (Å²) in [7, 11) is 0. The molecule has 2 heterocycles. The van der Waals surface area contributed by atoms with E-state index in [1.54, 1.807) is 12.1 Å². The number of aromatic nitrogens is 1. The number of carbonyl (C=O) groups is 1. The molecule has 1 aliphatic heterocycles. The largest absolute Gasteiger partial charge is 0.491 e. The van der Waals surface area contributed by atoms with Crippen LogP contribution in [-0.4, -0.2) is 46.8 Å². The van der Waals surface area contributed by atoms with Gasteiger partial charge in [-0.05, 0) is 32.0 Å². The van der Waals surface area contributed by atoms with Crippen molar-refractivity contribution in [3.05, 3.63) is 27.7 Å². The molecule has 0 radical (unpaired) electrons. The number of aryl methyl sites for hydroxylation is 1. The van der Waals surface area contributed by atoms with Crippen LogP contribution in [0.2, 0.25) is 5.02 Å². The lowest BCUT2D eigenvalue weighted by Crippen LogP contribution is -2.25. The quantitative estimate of drug-likeness (QED) is 0.820. The summed E-state index contributed by atoms with van der Waals surface area (Å²) in [5.41, 5.74) is 0.809. The van der Waals surface area contributed by atoms with Crippen molar-refractivity contribution in [3.8, 4) is 5.75 Å². The fourth-order valence-corrected chi connectivity index (χ4v) is 3.10. The van der Waals surface area contributed by atoms with Crippen molar-refractivity contribution in [1.82, 2.24) is 9.47 Å². The first-order chi connectivity index (χ1) is 11.5. The molecule has 2 aromatic rings. The fraction of sp³-hybridized carbons (Fsp3) is 0.500. The van der Waals surface area contributed by atoms with Gasteiger partial charge < -0.3 is 14.3 Å². The van der Waals surface area contributed by atoms with Gasteiger partial charge in [0.2, 0.25) is 0 Å². The van der Waals surface area contributed by atoms with Gasteiger partial charge in [-0.15, -0.1) is 0 Å². The van der Waals surface area contributed by atoms with Crippen LogP contribution in [0.1, 0.15) is 19.3 Å². The molecule has 1 saturated heterocycles. The van der Waals surface area contributed by atoms with Gasteiger partial charge in [-0.2, -0.15) is 0 Å². The first-order valence-corrected chi connectivity index (χ1v) is 8.32. The minimum atomic E-state index is -0.982. The number of oxazole rings is 1. The summed E-state index contributed by atoms with van der Waals surface area (Å²) in [5.74, 6) is -1.12. The Morgan fingerprint density at radius 3 is 2.75 bits per heavy atom. The summed E-state index contributed by atoms with van der Waals surface area (Å²) in [4.78, 5) is 24.9. The minimum absolute atomic E-state index is 0.0344. The van der Waals surface area contributed by atoms with Gasteiger partial charge in [0, 0.05) is 19.2 Å². The molecule has 1 fully saturated rings. The third-order valence-electron chi connectivity index (χ3n) is 4.13. The normalized spacial score (nSPS) is 15.2. The van der Waals surface area contributed by atoms with E-state index in [4.69, 9.17) is 25.9 Å². The molecular weight excluding hydrogens is 336 g/mol. The van der Waals surface area contributed by atoms with E-state index in [-0.39, 0.29) is 13.0 Å². The second kappa shape index (κ2) is 7.27. The van der Waals surface area contributed by atoms with Crippen molar-refractivity contribution in [1.29, 1.82) is 0 Å². The molecule has 0 aliphatic carbocycles. The molecular formula is C16H19ClN2O5. The van der Waals surface area contributed by atoms with Gasteiger partial charge >= 0.3 is 11.7 Å². The molecule has 1 N–H and O–H groups in total. The first-order valence-electron chi connectivity index (χ1n) is 7.94. The van der Waals surface area contributed by atoms with Gasteiger partial charge in [-0.1, -0.05) is 11.6 Å². The number of rotatable bonds is 7. The van der Waals surface area contributed by atoms with Crippen molar-refractivity contribution >= 4 is 28.7 Å². The summed E-state index contributed by atoms with van der Waals surface area (Å²) in [5, 5.41) is 9.13. The molecule has 1 aliphatic rings. The molecule has 24 heavy (non-hydrogen) atoms. The number of fused-ring (bicyclic) bond motifs is 1. The highest BCUT2D eigenvalue weighted by Gasteiger charge is 2.15. The smallest absolute Gasteiger partial charge is 0.419 e. The minimum Gasteiger partial charge on any atom is -0.491 e. The average molecular weight is 355 g/mol. The molecule has 0 saturated carbocycles. The Hall–Kier alpha value is -1.99. The van der Waals surface area contributed by atoms with Crippen LogP contribution in [0.5, 0.6) is 5.75 Å². The van der Waals surface area contributed by atoms with Crippen LogP contribution in [0, 0.1) is 0 Å². The zero-order valence-electron chi connectivity index (χ0n) is 13.2.